The molecule has 0 atom stereocenters. The van der Waals surface area contributed by atoms with E-state index in [2.05, 4.69) is 17.1 Å². The minimum atomic E-state index is 0.301. The lowest BCUT2D eigenvalue weighted by Crippen LogP contribution is -1.85. The highest BCUT2D eigenvalue weighted by molar-refractivity contribution is 5.83. The number of nitrogens with zero attached hydrogens (tertiary/aromatic N) is 1. The molecule has 108 valence electrons. The zero-order valence-electron chi connectivity index (χ0n) is 12.4. The number of benzene rings is 2. The van der Waals surface area contributed by atoms with Crippen molar-refractivity contribution in [3.63, 3.8) is 0 Å². The second kappa shape index (κ2) is 6.27. The van der Waals surface area contributed by atoms with Crippen molar-refractivity contribution >= 4 is 12.2 Å². The van der Waals surface area contributed by atoms with Crippen LogP contribution in [-0.2, 0) is 0 Å². The molecule has 0 bridgehead atoms. The molecule has 2 aromatic carbocycles. The van der Waals surface area contributed by atoms with Crippen molar-refractivity contribution in [1.29, 1.82) is 0 Å². The van der Waals surface area contributed by atoms with Gasteiger partial charge in [0, 0.05) is 18.0 Å². The van der Waals surface area contributed by atoms with Crippen LogP contribution in [0.25, 0.3) is 23.3 Å². The van der Waals surface area contributed by atoms with E-state index in [1.165, 1.54) is 0 Å². The predicted molar refractivity (Wildman–Crippen MR) is 91.4 cm³/mol. The maximum Gasteiger partial charge on any atom is 0.123 e. The van der Waals surface area contributed by atoms with Crippen LogP contribution in [0.5, 0.6) is 5.75 Å². The highest BCUT2D eigenvalue weighted by Crippen LogP contribution is 2.33. The average molecular weight is 287 g/mol. The second-order valence-electron chi connectivity index (χ2n) is 5.22. The number of hydrogen-bond acceptors (Lipinski definition) is 2. The summed E-state index contributed by atoms with van der Waals surface area (Å²) in [5, 5.41) is 10.2. The molecule has 0 aliphatic rings. The fourth-order valence-electron chi connectivity index (χ4n) is 2.41. The first-order chi connectivity index (χ1) is 10.7. The molecule has 1 aromatic heterocycles. The smallest absolute Gasteiger partial charge is 0.123 e. The summed E-state index contributed by atoms with van der Waals surface area (Å²) in [6.45, 7) is 2.03. The van der Waals surface area contributed by atoms with Gasteiger partial charge in [-0.15, -0.1) is 0 Å². The zero-order valence-corrected chi connectivity index (χ0v) is 12.4. The van der Waals surface area contributed by atoms with Gasteiger partial charge < -0.3 is 5.11 Å². The quantitative estimate of drug-likeness (QED) is 0.740. The minimum absolute atomic E-state index is 0.301. The number of aryl methyl sites for hydroxylation is 1. The van der Waals surface area contributed by atoms with Crippen LogP contribution in [-0.4, -0.2) is 10.1 Å². The molecule has 0 unspecified atom stereocenters. The van der Waals surface area contributed by atoms with Crippen LogP contribution in [0.15, 0.2) is 67.0 Å². The van der Waals surface area contributed by atoms with Crippen molar-refractivity contribution in [2.45, 2.75) is 6.92 Å². The highest BCUT2D eigenvalue weighted by atomic mass is 16.3. The summed E-state index contributed by atoms with van der Waals surface area (Å²) in [7, 11) is 0. The predicted octanol–water partition coefficient (Wildman–Crippen LogP) is 4.93. The first-order valence-corrected chi connectivity index (χ1v) is 7.21. The summed E-state index contributed by atoms with van der Waals surface area (Å²) in [5.41, 5.74) is 5.17. The summed E-state index contributed by atoms with van der Waals surface area (Å²) in [4.78, 5) is 4.02. The monoisotopic (exact) mass is 287 g/mol. The third-order valence-electron chi connectivity index (χ3n) is 3.56. The lowest BCUT2D eigenvalue weighted by atomic mass is 9.97. The molecule has 0 amide bonds. The molecule has 2 heteroatoms. The number of aromatic hydroxyl groups is 1. The Hall–Kier alpha value is -2.87. The van der Waals surface area contributed by atoms with Gasteiger partial charge in [-0.3, -0.25) is 4.98 Å². The summed E-state index contributed by atoms with van der Waals surface area (Å²) in [5.74, 6) is 0.301. The third-order valence-corrected chi connectivity index (χ3v) is 3.56. The van der Waals surface area contributed by atoms with Gasteiger partial charge in [0.15, 0.2) is 0 Å². The Labute approximate surface area is 130 Å². The van der Waals surface area contributed by atoms with Gasteiger partial charge in [-0.25, -0.2) is 0 Å². The van der Waals surface area contributed by atoms with E-state index in [4.69, 9.17) is 0 Å². The highest BCUT2D eigenvalue weighted by Gasteiger charge is 2.07. The van der Waals surface area contributed by atoms with Crippen LogP contribution < -0.4 is 0 Å². The van der Waals surface area contributed by atoms with Gasteiger partial charge in [-0.05, 0) is 47.9 Å². The summed E-state index contributed by atoms with van der Waals surface area (Å²) in [6, 6.07) is 17.7. The molecular weight excluding hydrogens is 270 g/mol. The van der Waals surface area contributed by atoms with Crippen molar-refractivity contribution in [2.75, 3.05) is 0 Å². The van der Waals surface area contributed by atoms with Crippen LogP contribution in [0.3, 0.4) is 0 Å². The fraction of sp³-hybridized carbons (Fsp3) is 0.0500. The van der Waals surface area contributed by atoms with Gasteiger partial charge in [-0.1, -0.05) is 48.0 Å². The van der Waals surface area contributed by atoms with E-state index in [1.807, 2.05) is 55.5 Å². The second-order valence-corrected chi connectivity index (χ2v) is 5.22. The molecule has 1 heterocycles. The molecule has 3 aromatic rings. The van der Waals surface area contributed by atoms with Crippen LogP contribution >= 0.6 is 0 Å². The molecule has 0 aliphatic heterocycles. The summed E-state index contributed by atoms with van der Waals surface area (Å²) < 4.78 is 0. The van der Waals surface area contributed by atoms with Crippen LogP contribution in [0.2, 0.25) is 0 Å². The number of hydrogen-bond donors (Lipinski definition) is 1. The first-order valence-electron chi connectivity index (χ1n) is 7.21. The van der Waals surface area contributed by atoms with Crippen LogP contribution in [0.1, 0.15) is 16.7 Å². The summed E-state index contributed by atoms with van der Waals surface area (Å²) in [6.07, 6.45) is 7.66. The Balaban J connectivity index is 2.04. The van der Waals surface area contributed by atoms with Crippen LogP contribution in [0.4, 0.5) is 0 Å². The van der Waals surface area contributed by atoms with Gasteiger partial charge in [0.2, 0.25) is 0 Å². The third kappa shape index (κ3) is 3.07. The van der Waals surface area contributed by atoms with Gasteiger partial charge in [-0.2, -0.15) is 0 Å². The number of rotatable bonds is 3. The molecule has 0 aliphatic carbocycles. The lowest BCUT2D eigenvalue weighted by molar-refractivity contribution is 0.477. The van der Waals surface area contributed by atoms with Crippen LogP contribution in [0, 0.1) is 6.92 Å². The molecule has 0 saturated heterocycles. The Kier molecular flexibility index (Phi) is 4.01. The number of aromatic nitrogens is 1. The van der Waals surface area contributed by atoms with Gasteiger partial charge in [0.05, 0.1) is 0 Å². The van der Waals surface area contributed by atoms with Crippen molar-refractivity contribution < 1.29 is 5.11 Å². The Morgan fingerprint density at radius 2 is 1.64 bits per heavy atom. The normalized spacial score (nSPS) is 11.0. The Bertz CT molecular complexity index is 807. The molecule has 1 N–H and O–H groups in total. The van der Waals surface area contributed by atoms with Crippen molar-refractivity contribution in [1.82, 2.24) is 4.98 Å². The van der Waals surface area contributed by atoms with Gasteiger partial charge >= 0.3 is 0 Å². The molecule has 2 nitrogen and oxygen atoms in total. The zero-order chi connectivity index (χ0) is 15.4. The van der Waals surface area contributed by atoms with Crippen molar-refractivity contribution in [2.24, 2.45) is 0 Å². The summed E-state index contributed by atoms with van der Waals surface area (Å²) >= 11 is 0. The molecule has 0 radical (unpaired) electrons. The van der Waals surface area contributed by atoms with E-state index in [0.29, 0.717) is 5.75 Å². The van der Waals surface area contributed by atoms with E-state index in [1.54, 1.807) is 18.5 Å². The Morgan fingerprint density at radius 3 is 2.45 bits per heavy atom. The van der Waals surface area contributed by atoms with E-state index in [-0.39, 0.29) is 0 Å². The SMILES string of the molecule is Cc1ccc(O)c(-c2ccccc2C=Cc2ccncc2)c1. The molecule has 3 rings (SSSR count). The van der Waals surface area contributed by atoms with Gasteiger partial charge in [0.1, 0.15) is 5.75 Å². The molecular formula is C20H17NO. The lowest BCUT2D eigenvalue weighted by Gasteiger charge is -2.09. The maximum absolute atomic E-state index is 10.2. The standard InChI is InChI=1S/C20H17NO/c1-15-6-9-20(22)19(14-15)18-5-3-2-4-17(18)8-7-16-10-12-21-13-11-16/h2-14,22H,1H3. The van der Waals surface area contributed by atoms with E-state index >= 15 is 0 Å². The van der Waals surface area contributed by atoms with E-state index in [9.17, 15) is 5.11 Å². The topological polar surface area (TPSA) is 33.1 Å². The van der Waals surface area contributed by atoms with E-state index in [0.717, 1.165) is 27.8 Å². The van der Waals surface area contributed by atoms with Crippen molar-refractivity contribution in [3.05, 3.63) is 83.7 Å². The Morgan fingerprint density at radius 1 is 0.864 bits per heavy atom. The molecule has 22 heavy (non-hydrogen) atoms. The molecule has 0 fully saturated rings. The number of phenolic OH excluding ortho intramolecular Hbond substituents is 1. The maximum atomic E-state index is 10.2. The molecule has 0 spiro atoms. The minimum Gasteiger partial charge on any atom is -0.507 e. The number of phenols is 1. The van der Waals surface area contributed by atoms with Crippen molar-refractivity contribution in [3.8, 4) is 16.9 Å². The molecule has 0 saturated carbocycles. The van der Waals surface area contributed by atoms with Gasteiger partial charge in [0.25, 0.3) is 0 Å². The fourth-order valence-corrected chi connectivity index (χ4v) is 2.41. The largest absolute Gasteiger partial charge is 0.507 e. The van der Waals surface area contributed by atoms with E-state index < -0.39 is 0 Å². The number of pyridine rings is 1. The average Bonchev–Trinajstić information content (AvgIpc) is 2.56. The first kappa shape index (κ1) is 14.1.